The van der Waals surface area contributed by atoms with E-state index < -0.39 is 0 Å². The van der Waals surface area contributed by atoms with E-state index in [2.05, 4.69) is 27.7 Å². The molecule has 0 aliphatic carbocycles. The molecule has 0 aromatic carbocycles. The van der Waals surface area contributed by atoms with Crippen LogP contribution in [-0.4, -0.2) is 29.9 Å². The Bertz CT molecular complexity index is 190. The summed E-state index contributed by atoms with van der Waals surface area (Å²) in [4.78, 5) is 14.1. The highest BCUT2D eigenvalue weighted by atomic mass is 16.2. The van der Waals surface area contributed by atoms with Crippen LogP contribution in [0.25, 0.3) is 0 Å². The Morgan fingerprint density at radius 1 is 1.19 bits per heavy atom. The predicted octanol–water partition coefficient (Wildman–Crippen LogP) is 2.40. The van der Waals surface area contributed by atoms with Gasteiger partial charge >= 0.3 is 0 Å². The molecular formula is C13H28N2O. The Labute approximate surface area is 100 Å². The van der Waals surface area contributed by atoms with Gasteiger partial charge in [0.25, 0.3) is 0 Å². The van der Waals surface area contributed by atoms with E-state index in [1.807, 2.05) is 4.90 Å². The predicted molar refractivity (Wildman–Crippen MR) is 69.2 cm³/mol. The molecular weight excluding hydrogens is 200 g/mol. The highest BCUT2D eigenvalue weighted by Gasteiger charge is 2.21. The largest absolute Gasteiger partial charge is 0.338 e. The van der Waals surface area contributed by atoms with E-state index in [4.69, 9.17) is 5.73 Å². The van der Waals surface area contributed by atoms with Gasteiger partial charge in [0.2, 0.25) is 5.91 Å². The van der Waals surface area contributed by atoms with Crippen molar-refractivity contribution in [3.63, 3.8) is 0 Å². The molecule has 0 saturated carbocycles. The highest BCUT2D eigenvalue weighted by molar-refractivity contribution is 5.76. The van der Waals surface area contributed by atoms with Crippen molar-refractivity contribution in [2.45, 2.75) is 59.4 Å². The summed E-state index contributed by atoms with van der Waals surface area (Å²) < 4.78 is 0. The van der Waals surface area contributed by atoms with Crippen molar-refractivity contribution < 1.29 is 4.79 Å². The summed E-state index contributed by atoms with van der Waals surface area (Å²) in [6, 6.07) is 0.361. The summed E-state index contributed by atoms with van der Waals surface area (Å²) >= 11 is 0. The van der Waals surface area contributed by atoms with E-state index in [0.29, 0.717) is 31.5 Å². The van der Waals surface area contributed by atoms with Gasteiger partial charge in [-0.3, -0.25) is 4.79 Å². The third-order valence-corrected chi connectivity index (χ3v) is 3.29. The van der Waals surface area contributed by atoms with Crippen LogP contribution in [0.15, 0.2) is 0 Å². The average Bonchev–Trinajstić information content (AvgIpc) is 2.29. The second-order valence-electron chi connectivity index (χ2n) is 4.56. The Hall–Kier alpha value is -0.570. The van der Waals surface area contributed by atoms with E-state index in [1.165, 1.54) is 0 Å². The Morgan fingerprint density at radius 3 is 2.12 bits per heavy atom. The monoisotopic (exact) mass is 228 g/mol. The van der Waals surface area contributed by atoms with Crippen LogP contribution >= 0.6 is 0 Å². The molecule has 1 unspecified atom stereocenters. The molecule has 0 bridgehead atoms. The van der Waals surface area contributed by atoms with Gasteiger partial charge in [0.05, 0.1) is 0 Å². The molecule has 0 aliphatic heterocycles. The first-order chi connectivity index (χ1) is 7.60. The number of carbonyl (C=O) groups is 1. The van der Waals surface area contributed by atoms with Crippen LogP contribution in [0.5, 0.6) is 0 Å². The lowest BCUT2D eigenvalue weighted by molar-refractivity contribution is -0.134. The SMILES string of the molecule is CCC(C)CC(=O)N(CCN)C(CC)CC. The molecule has 96 valence electrons. The highest BCUT2D eigenvalue weighted by Crippen LogP contribution is 2.14. The lowest BCUT2D eigenvalue weighted by atomic mass is 10.0. The Kier molecular flexibility index (Phi) is 8.26. The maximum absolute atomic E-state index is 12.1. The van der Waals surface area contributed by atoms with Crippen molar-refractivity contribution in [2.24, 2.45) is 11.7 Å². The van der Waals surface area contributed by atoms with E-state index >= 15 is 0 Å². The summed E-state index contributed by atoms with van der Waals surface area (Å²) in [5.74, 6) is 0.746. The minimum Gasteiger partial charge on any atom is -0.338 e. The number of rotatable bonds is 8. The first-order valence-corrected chi connectivity index (χ1v) is 6.60. The van der Waals surface area contributed by atoms with Crippen LogP contribution in [0.3, 0.4) is 0 Å². The van der Waals surface area contributed by atoms with Gasteiger partial charge in [0.1, 0.15) is 0 Å². The zero-order chi connectivity index (χ0) is 12.6. The number of nitrogens with zero attached hydrogens (tertiary/aromatic N) is 1. The first kappa shape index (κ1) is 15.4. The van der Waals surface area contributed by atoms with Crippen molar-refractivity contribution >= 4 is 5.91 Å². The van der Waals surface area contributed by atoms with Gasteiger partial charge < -0.3 is 10.6 Å². The zero-order valence-electron chi connectivity index (χ0n) is 11.3. The summed E-state index contributed by atoms with van der Waals surface area (Å²) in [7, 11) is 0. The Morgan fingerprint density at radius 2 is 1.75 bits per heavy atom. The van der Waals surface area contributed by atoms with Gasteiger partial charge in [-0.05, 0) is 18.8 Å². The maximum Gasteiger partial charge on any atom is 0.223 e. The lowest BCUT2D eigenvalue weighted by Gasteiger charge is -2.31. The van der Waals surface area contributed by atoms with E-state index in [-0.39, 0.29) is 5.91 Å². The quantitative estimate of drug-likeness (QED) is 0.693. The van der Waals surface area contributed by atoms with E-state index in [1.54, 1.807) is 0 Å². The molecule has 0 aromatic rings. The second-order valence-corrected chi connectivity index (χ2v) is 4.56. The summed E-state index contributed by atoms with van der Waals surface area (Å²) in [5.41, 5.74) is 5.58. The van der Waals surface area contributed by atoms with Gasteiger partial charge in [-0.25, -0.2) is 0 Å². The van der Waals surface area contributed by atoms with E-state index in [0.717, 1.165) is 19.3 Å². The van der Waals surface area contributed by atoms with Crippen LogP contribution in [0.1, 0.15) is 53.4 Å². The smallest absolute Gasteiger partial charge is 0.223 e. The summed E-state index contributed by atoms with van der Waals surface area (Å²) in [6.07, 6.45) is 3.75. The number of amides is 1. The van der Waals surface area contributed by atoms with E-state index in [9.17, 15) is 4.79 Å². The third-order valence-electron chi connectivity index (χ3n) is 3.29. The van der Waals surface area contributed by atoms with Crippen LogP contribution < -0.4 is 5.73 Å². The van der Waals surface area contributed by atoms with Crippen molar-refractivity contribution in [1.29, 1.82) is 0 Å². The van der Waals surface area contributed by atoms with Crippen LogP contribution in [-0.2, 0) is 4.79 Å². The fraction of sp³-hybridized carbons (Fsp3) is 0.923. The number of carbonyl (C=O) groups excluding carboxylic acids is 1. The van der Waals surface area contributed by atoms with Crippen molar-refractivity contribution in [3.8, 4) is 0 Å². The molecule has 0 radical (unpaired) electrons. The van der Waals surface area contributed by atoms with Gasteiger partial charge in [-0.15, -0.1) is 0 Å². The van der Waals surface area contributed by atoms with Crippen LogP contribution in [0.2, 0.25) is 0 Å². The van der Waals surface area contributed by atoms with Gasteiger partial charge in [0.15, 0.2) is 0 Å². The fourth-order valence-electron chi connectivity index (χ4n) is 1.94. The van der Waals surface area contributed by atoms with Crippen LogP contribution in [0, 0.1) is 5.92 Å². The molecule has 2 N–H and O–H groups in total. The maximum atomic E-state index is 12.1. The molecule has 0 saturated heterocycles. The number of nitrogens with two attached hydrogens (primary N) is 1. The molecule has 0 spiro atoms. The third kappa shape index (κ3) is 4.97. The standard InChI is InChI=1S/C13H28N2O/c1-5-11(4)10-13(16)15(9-8-14)12(6-2)7-3/h11-12H,5-10,14H2,1-4H3. The summed E-state index contributed by atoms with van der Waals surface area (Å²) in [5, 5.41) is 0. The molecule has 3 nitrogen and oxygen atoms in total. The fourth-order valence-corrected chi connectivity index (χ4v) is 1.94. The van der Waals surface area contributed by atoms with Crippen molar-refractivity contribution in [1.82, 2.24) is 4.90 Å². The number of hydrogen-bond acceptors (Lipinski definition) is 2. The van der Waals surface area contributed by atoms with Gasteiger partial charge in [0, 0.05) is 25.6 Å². The molecule has 0 rings (SSSR count). The minimum absolute atomic E-state index is 0.272. The molecule has 0 heterocycles. The topological polar surface area (TPSA) is 46.3 Å². The molecule has 1 amide bonds. The molecule has 0 aromatic heterocycles. The minimum atomic E-state index is 0.272. The molecule has 1 atom stereocenters. The molecule has 0 aliphatic rings. The van der Waals surface area contributed by atoms with Crippen molar-refractivity contribution in [2.75, 3.05) is 13.1 Å². The van der Waals surface area contributed by atoms with Crippen molar-refractivity contribution in [3.05, 3.63) is 0 Å². The molecule has 0 fully saturated rings. The molecule has 3 heteroatoms. The Balaban J connectivity index is 4.44. The number of hydrogen-bond donors (Lipinski definition) is 1. The molecule has 16 heavy (non-hydrogen) atoms. The summed E-state index contributed by atoms with van der Waals surface area (Å²) in [6.45, 7) is 9.78. The van der Waals surface area contributed by atoms with Crippen LogP contribution in [0.4, 0.5) is 0 Å². The first-order valence-electron chi connectivity index (χ1n) is 6.60. The van der Waals surface area contributed by atoms with Gasteiger partial charge in [-0.2, -0.15) is 0 Å². The average molecular weight is 228 g/mol. The zero-order valence-corrected chi connectivity index (χ0v) is 11.3. The second kappa shape index (κ2) is 8.57. The van der Waals surface area contributed by atoms with Gasteiger partial charge in [-0.1, -0.05) is 34.1 Å². The normalized spacial score (nSPS) is 12.9. The lowest BCUT2D eigenvalue weighted by Crippen LogP contribution is -2.43.